The molecular weight excluding hydrogens is 366 g/mol. The molecule has 4 aromatic rings. The Hall–Kier alpha value is -3.54. The molecule has 0 saturated heterocycles. The number of aryl methyl sites for hydroxylation is 2. The van der Waals surface area contributed by atoms with Crippen molar-refractivity contribution in [1.29, 1.82) is 0 Å². The maximum absolute atomic E-state index is 13.0. The second kappa shape index (κ2) is 7.47. The summed E-state index contributed by atoms with van der Waals surface area (Å²) in [6.07, 6.45) is 3.58. The molecule has 0 atom stereocenters. The first-order chi connectivity index (χ1) is 14.0. The van der Waals surface area contributed by atoms with Gasteiger partial charge in [0.05, 0.1) is 26.5 Å². The van der Waals surface area contributed by atoms with Crippen molar-refractivity contribution in [2.24, 2.45) is 0 Å². The van der Waals surface area contributed by atoms with Crippen LogP contribution in [0.2, 0.25) is 0 Å². The number of rotatable bonds is 5. The molecule has 0 aliphatic heterocycles. The Morgan fingerprint density at radius 2 is 1.69 bits per heavy atom. The van der Waals surface area contributed by atoms with E-state index >= 15 is 0 Å². The third-order valence-corrected chi connectivity index (χ3v) is 5.21. The topological polar surface area (TPSA) is 57.8 Å². The van der Waals surface area contributed by atoms with Gasteiger partial charge in [0.25, 0.3) is 5.56 Å². The van der Waals surface area contributed by atoms with Crippen LogP contribution in [0.1, 0.15) is 16.7 Å². The van der Waals surface area contributed by atoms with Gasteiger partial charge in [0.1, 0.15) is 5.52 Å². The summed E-state index contributed by atoms with van der Waals surface area (Å²) >= 11 is 0. The van der Waals surface area contributed by atoms with Gasteiger partial charge in [-0.25, -0.2) is 4.52 Å². The highest BCUT2D eigenvalue weighted by Crippen LogP contribution is 2.31. The summed E-state index contributed by atoms with van der Waals surface area (Å²) in [7, 11) is 3.19. The first-order valence-electron chi connectivity index (χ1n) is 9.37. The molecule has 6 heteroatoms. The number of aromatic nitrogens is 3. The number of methoxy groups -OCH3 is 2. The monoisotopic (exact) mass is 389 g/mol. The normalized spacial score (nSPS) is 11.0. The van der Waals surface area contributed by atoms with Crippen LogP contribution in [0.5, 0.6) is 11.5 Å². The Labute approximate surface area is 168 Å². The SMILES string of the molecule is COc1ccc(-c2cc3c(=O)n(Cc4ccc(C)c(C)c4)ccn3n2)cc1OC. The number of nitrogens with zero attached hydrogens (tertiary/aromatic N) is 3. The van der Waals surface area contributed by atoms with E-state index in [1.165, 1.54) is 11.1 Å². The lowest BCUT2D eigenvalue weighted by molar-refractivity contribution is 0.355. The van der Waals surface area contributed by atoms with Crippen LogP contribution in [-0.2, 0) is 6.54 Å². The van der Waals surface area contributed by atoms with E-state index in [1.807, 2.05) is 24.4 Å². The molecule has 0 radical (unpaired) electrons. The standard InChI is InChI=1S/C23H23N3O3/c1-15-5-6-17(11-16(15)2)14-25-9-10-26-20(23(25)27)13-19(24-26)18-7-8-21(28-3)22(12-18)29-4/h5-13H,14H2,1-4H3. The number of benzene rings is 2. The molecule has 0 aliphatic carbocycles. The van der Waals surface area contributed by atoms with E-state index in [4.69, 9.17) is 9.47 Å². The number of fused-ring (bicyclic) bond motifs is 1. The van der Waals surface area contributed by atoms with Gasteiger partial charge in [0.15, 0.2) is 11.5 Å². The Bertz CT molecular complexity index is 1250. The molecule has 0 saturated carbocycles. The molecule has 0 unspecified atom stereocenters. The van der Waals surface area contributed by atoms with Gasteiger partial charge in [0.2, 0.25) is 0 Å². The molecule has 0 bridgehead atoms. The minimum Gasteiger partial charge on any atom is -0.493 e. The van der Waals surface area contributed by atoms with E-state index in [0.29, 0.717) is 29.3 Å². The zero-order valence-electron chi connectivity index (χ0n) is 17.0. The lowest BCUT2D eigenvalue weighted by atomic mass is 10.1. The van der Waals surface area contributed by atoms with E-state index in [1.54, 1.807) is 35.6 Å². The van der Waals surface area contributed by atoms with Crippen molar-refractivity contribution >= 4 is 5.52 Å². The van der Waals surface area contributed by atoms with Gasteiger partial charge in [-0.1, -0.05) is 18.2 Å². The lowest BCUT2D eigenvalue weighted by Gasteiger charge is -2.08. The van der Waals surface area contributed by atoms with Crippen molar-refractivity contribution in [3.8, 4) is 22.8 Å². The molecule has 4 rings (SSSR count). The molecule has 0 fully saturated rings. The smallest absolute Gasteiger partial charge is 0.276 e. The molecule has 2 heterocycles. The Kier molecular flexibility index (Phi) is 4.84. The van der Waals surface area contributed by atoms with Crippen molar-refractivity contribution in [2.75, 3.05) is 14.2 Å². The van der Waals surface area contributed by atoms with Crippen molar-refractivity contribution in [3.63, 3.8) is 0 Å². The van der Waals surface area contributed by atoms with Crippen LogP contribution in [0, 0.1) is 13.8 Å². The summed E-state index contributed by atoms with van der Waals surface area (Å²) in [6, 6.07) is 13.7. The van der Waals surface area contributed by atoms with E-state index in [9.17, 15) is 4.79 Å². The van der Waals surface area contributed by atoms with Crippen LogP contribution in [0.4, 0.5) is 0 Å². The average molecular weight is 389 g/mol. The van der Waals surface area contributed by atoms with Crippen LogP contribution >= 0.6 is 0 Å². The highest BCUT2D eigenvalue weighted by Gasteiger charge is 2.12. The van der Waals surface area contributed by atoms with E-state index in [0.717, 1.165) is 11.1 Å². The fourth-order valence-corrected chi connectivity index (χ4v) is 3.39. The molecule has 0 N–H and O–H groups in total. The van der Waals surface area contributed by atoms with Crippen molar-refractivity contribution < 1.29 is 9.47 Å². The molecule has 2 aromatic carbocycles. The van der Waals surface area contributed by atoms with Gasteiger partial charge < -0.3 is 14.0 Å². The Morgan fingerprint density at radius 1 is 0.897 bits per heavy atom. The fourth-order valence-electron chi connectivity index (χ4n) is 3.39. The predicted molar refractivity (Wildman–Crippen MR) is 113 cm³/mol. The second-order valence-corrected chi connectivity index (χ2v) is 7.08. The van der Waals surface area contributed by atoms with Crippen LogP contribution in [0.25, 0.3) is 16.8 Å². The minimum absolute atomic E-state index is 0.0787. The highest BCUT2D eigenvalue weighted by atomic mass is 16.5. The van der Waals surface area contributed by atoms with Gasteiger partial charge >= 0.3 is 0 Å². The third-order valence-electron chi connectivity index (χ3n) is 5.21. The van der Waals surface area contributed by atoms with Crippen LogP contribution in [0.3, 0.4) is 0 Å². The summed E-state index contributed by atoms with van der Waals surface area (Å²) in [4.78, 5) is 13.0. The summed E-state index contributed by atoms with van der Waals surface area (Å²) < 4.78 is 14.0. The van der Waals surface area contributed by atoms with Crippen molar-refractivity contribution in [2.45, 2.75) is 20.4 Å². The fraction of sp³-hybridized carbons (Fsp3) is 0.217. The second-order valence-electron chi connectivity index (χ2n) is 7.08. The van der Waals surface area contributed by atoms with Gasteiger partial charge in [0, 0.05) is 18.0 Å². The van der Waals surface area contributed by atoms with Crippen molar-refractivity contribution in [1.82, 2.24) is 14.2 Å². The summed E-state index contributed by atoms with van der Waals surface area (Å²) in [5.74, 6) is 1.27. The quantitative estimate of drug-likeness (QED) is 0.520. The summed E-state index contributed by atoms with van der Waals surface area (Å²) in [6.45, 7) is 4.68. The lowest BCUT2D eigenvalue weighted by Crippen LogP contribution is -2.21. The zero-order chi connectivity index (χ0) is 20.5. The molecular formula is C23H23N3O3. The summed E-state index contributed by atoms with van der Waals surface area (Å²) in [5.41, 5.74) is 5.56. The van der Waals surface area contributed by atoms with E-state index in [2.05, 4.69) is 37.1 Å². The van der Waals surface area contributed by atoms with Crippen LogP contribution < -0.4 is 15.0 Å². The highest BCUT2D eigenvalue weighted by molar-refractivity contribution is 5.68. The first kappa shape index (κ1) is 18.8. The maximum atomic E-state index is 13.0. The molecule has 0 aliphatic rings. The van der Waals surface area contributed by atoms with Gasteiger partial charge in [-0.3, -0.25) is 4.79 Å². The van der Waals surface area contributed by atoms with E-state index < -0.39 is 0 Å². The third kappa shape index (κ3) is 3.49. The predicted octanol–water partition coefficient (Wildman–Crippen LogP) is 3.85. The first-order valence-corrected chi connectivity index (χ1v) is 9.37. The summed E-state index contributed by atoms with van der Waals surface area (Å²) in [5, 5.41) is 4.56. The maximum Gasteiger partial charge on any atom is 0.276 e. The van der Waals surface area contributed by atoms with Crippen LogP contribution in [0.15, 0.2) is 59.7 Å². The molecule has 0 spiro atoms. The number of hydrogen-bond donors (Lipinski definition) is 0. The van der Waals surface area contributed by atoms with Gasteiger partial charge in [-0.05, 0) is 54.8 Å². The Morgan fingerprint density at radius 3 is 2.41 bits per heavy atom. The minimum atomic E-state index is -0.0787. The molecule has 6 nitrogen and oxygen atoms in total. The zero-order valence-corrected chi connectivity index (χ0v) is 17.0. The molecule has 0 amide bonds. The van der Waals surface area contributed by atoms with Gasteiger partial charge in [-0.2, -0.15) is 5.10 Å². The largest absolute Gasteiger partial charge is 0.493 e. The van der Waals surface area contributed by atoms with E-state index in [-0.39, 0.29) is 5.56 Å². The average Bonchev–Trinajstić information content (AvgIpc) is 3.17. The number of ether oxygens (including phenoxy) is 2. The van der Waals surface area contributed by atoms with Crippen LogP contribution in [-0.4, -0.2) is 28.4 Å². The molecule has 148 valence electrons. The Balaban J connectivity index is 1.72. The number of hydrogen-bond acceptors (Lipinski definition) is 4. The molecule has 2 aromatic heterocycles. The van der Waals surface area contributed by atoms with Gasteiger partial charge in [-0.15, -0.1) is 0 Å². The molecule has 29 heavy (non-hydrogen) atoms. The van der Waals surface area contributed by atoms with Crippen molar-refractivity contribution in [3.05, 3.63) is 81.9 Å².